The number of carbonyl (C=O) groups is 2. The average Bonchev–Trinajstić information content (AvgIpc) is 2.40. The standard InChI is InChI=1S/C13H16N2O3/c16-12(8-10-3-5-14-6-4-10)15-7-1-2-11(9-15)13(17)18/h3-6,11H,1-2,7-9H2,(H,17,18). The summed E-state index contributed by atoms with van der Waals surface area (Å²) in [4.78, 5) is 28.5. The Morgan fingerprint density at radius 2 is 2.11 bits per heavy atom. The number of hydrogen-bond donors (Lipinski definition) is 1. The van der Waals surface area contributed by atoms with Gasteiger partial charge >= 0.3 is 5.97 Å². The fourth-order valence-electron chi connectivity index (χ4n) is 2.19. The molecule has 5 heteroatoms. The molecule has 0 spiro atoms. The highest BCUT2D eigenvalue weighted by Gasteiger charge is 2.27. The lowest BCUT2D eigenvalue weighted by atomic mass is 9.98. The molecule has 18 heavy (non-hydrogen) atoms. The van der Waals surface area contributed by atoms with E-state index in [1.807, 2.05) is 0 Å². The molecule has 1 saturated heterocycles. The molecule has 1 N–H and O–H groups in total. The van der Waals surface area contributed by atoms with Gasteiger partial charge in [0.05, 0.1) is 12.3 Å². The first-order valence-electron chi connectivity index (χ1n) is 6.06. The molecule has 96 valence electrons. The number of carboxylic acid groups (broad SMARTS) is 1. The Morgan fingerprint density at radius 1 is 1.39 bits per heavy atom. The Labute approximate surface area is 105 Å². The van der Waals surface area contributed by atoms with E-state index in [1.54, 1.807) is 29.4 Å². The Hall–Kier alpha value is -1.91. The highest BCUT2D eigenvalue weighted by atomic mass is 16.4. The van der Waals surface area contributed by atoms with Crippen molar-refractivity contribution in [3.05, 3.63) is 30.1 Å². The Bertz CT molecular complexity index is 433. The van der Waals surface area contributed by atoms with Crippen LogP contribution in [0.5, 0.6) is 0 Å². The predicted octanol–water partition coefficient (Wildman–Crippen LogP) is 0.947. The van der Waals surface area contributed by atoms with Crippen molar-refractivity contribution in [1.29, 1.82) is 0 Å². The second-order valence-corrected chi connectivity index (χ2v) is 4.55. The second kappa shape index (κ2) is 5.62. The van der Waals surface area contributed by atoms with Gasteiger partial charge in [-0.1, -0.05) is 0 Å². The molecular weight excluding hydrogens is 232 g/mol. The van der Waals surface area contributed by atoms with Crippen LogP contribution in [0.2, 0.25) is 0 Å². The molecule has 0 saturated carbocycles. The minimum atomic E-state index is -0.809. The molecule has 1 unspecified atom stereocenters. The second-order valence-electron chi connectivity index (χ2n) is 4.55. The van der Waals surface area contributed by atoms with Crippen LogP contribution in [0.1, 0.15) is 18.4 Å². The van der Waals surface area contributed by atoms with Crippen molar-refractivity contribution < 1.29 is 14.7 Å². The lowest BCUT2D eigenvalue weighted by molar-refractivity contribution is -0.145. The van der Waals surface area contributed by atoms with Crippen LogP contribution in [-0.4, -0.2) is 40.0 Å². The number of aromatic nitrogens is 1. The van der Waals surface area contributed by atoms with E-state index in [0.717, 1.165) is 12.0 Å². The SMILES string of the molecule is O=C(O)C1CCCN(C(=O)Cc2ccncc2)C1. The minimum absolute atomic E-state index is 0.00727. The van der Waals surface area contributed by atoms with Gasteiger partial charge in [0.25, 0.3) is 0 Å². The summed E-state index contributed by atoms with van der Waals surface area (Å²) < 4.78 is 0. The summed E-state index contributed by atoms with van der Waals surface area (Å²) in [7, 11) is 0. The molecule has 1 aromatic rings. The number of aliphatic carboxylic acids is 1. The van der Waals surface area contributed by atoms with Gasteiger partial charge in [0.15, 0.2) is 0 Å². The van der Waals surface area contributed by atoms with Crippen LogP contribution < -0.4 is 0 Å². The van der Waals surface area contributed by atoms with Gasteiger partial charge in [-0.15, -0.1) is 0 Å². The number of hydrogen-bond acceptors (Lipinski definition) is 3. The van der Waals surface area contributed by atoms with Crippen molar-refractivity contribution in [3.8, 4) is 0 Å². The van der Waals surface area contributed by atoms with Crippen molar-refractivity contribution in [2.45, 2.75) is 19.3 Å². The normalized spacial score (nSPS) is 19.6. The molecule has 1 aliphatic heterocycles. The van der Waals surface area contributed by atoms with E-state index in [1.165, 1.54) is 0 Å². The molecule has 1 amide bonds. The molecule has 1 aromatic heterocycles. The number of likely N-dealkylation sites (tertiary alicyclic amines) is 1. The van der Waals surface area contributed by atoms with E-state index in [-0.39, 0.29) is 5.91 Å². The monoisotopic (exact) mass is 248 g/mol. The van der Waals surface area contributed by atoms with Crippen molar-refractivity contribution in [1.82, 2.24) is 9.88 Å². The van der Waals surface area contributed by atoms with E-state index in [2.05, 4.69) is 4.98 Å². The topological polar surface area (TPSA) is 70.5 Å². The summed E-state index contributed by atoms with van der Waals surface area (Å²) >= 11 is 0. The van der Waals surface area contributed by atoms with Gasteiger partial charge in [0.1, 0.15) is 0 Å². The van der Waals surface area contributed by atoms with Gasteiger partial charge in [-0.3, -0.25) is 14.6 Å². The first kappa shape index (κ1) is 12.5. The smallest absolute Gasteiger partial charge is 0.308 e. The Morgan fingerprint density at radius 3 is 2.78 bits per heavy atom. The van der Waals surface area contributed by atoms with E-state index >= 15 is 0 Å². The maximum atomic E-state index is 12.0. The first-order chi connectivity index (χ1) is 8.66. The van der Waals surface area contributed by atoms with E-state index in [9.17, 15) is 9.59 Å². The zero-order valence-corrected chi connectivity index (χ0v) is 10.1. The van der Waals surface area contributed by atoms with Crippen molar-refractivity contribution >= 4 is 11.9 Å². The summed E-state index contributed by atoms with van der Waals surface area (Å²) in [5, 5.41) is 8.98. The number of nitrogens with zero attached hydrogens (tertiary/aromatic N) is 2. The van der Waals surface area contributed by atoms with Gasteiger partial charge in [-0.2, -0.15) is 0 Å². The number of piperidine rings is 1. The van der Waals surface area contributed by atoms with E-state index in [0.29, 0.717) is 25.9 Å². The van der Waals surface area contributed by atoms with Gasteiger partial charge in [0, 0.05) is 25.5 Å². The van der Waals surface area contributed by atoms with Crippen LogP contribution in [0.3, 0.4) is 0 Å². The molecule has 5 nitrogen and oxygen atoms in total. The maximum Gasteiger partial charge on any atom is 0.308 e. The summed E-state index contributed by atoms with van der Waals surface area (Å²) in [5.74, 6) is -1.23. The lowest BCUT2D eigenvalue weighted by Crippen LogP contribution is -2.42. The Balaban J connectivity index is 1.95. The van der Waals surface area contributed by atoms with Gasteiger partial charge < -0.3 is 10.0 Å². The minimum Gasteiger partial charge on any atom is -0.481 e. The number of carboxylic acids is 1. The summed E-state index contributed by atoms with van der Waals surface area (Å²) in [5.41, 5.74) is 0.910. The van der Waals surface area contributed by atoms with Crippen LogP contribution in [0.25, 0.3) is 0 Å². The Kier molecular flexibility index (Phi) is 3.92. The molecule has 2 rings (SSSR count). The first-order valence-corrected chi connectivity index (χ1v) is 6.06. The van der Waals surface area contributed by atoms with Crippen LogP contribution in [0.4, 0.5) is 0 Å². The molecule has 2 heterocycles. The van der Waals surface area contributed by atoms with Crippen molar-refractivity contribution in [3.63, 3.8) is 0 Å². The van der Waals surface area contributed by atoms with Crippen LogP contribution >= 0.6 is 0 Å². The third-order valence-electron chi connectivity index (χ3n) is 3.23. The molecule has 0 aromatic carbocycles. The fraction of sp³-hybridized carbons (Fsp3) is 0.462. The lowest BCUT2D eigenvalue weighted by Gasteiger charge is -2.30. The number of carbonyl (C=O) groups excluding carboxylic acids is 1. The van der Waals surface area contributed by atoms with Gasteiger partial charge in [-0.25, -0.2) is 0 Å². The fourth-order valence-corrected chi connectivity index (χ4v) is 2.19. The third-order valence-corrected chi connectivity index (χ3v) is 3.23. The van der Waals surface area contributed by atoms with E-state index < -0.39 is 11.9 Å². The zero-order chi connectivity index (χ0) is 13.0. The third kappa shape index (κ3) is 3.06. The molecule has 1 fully saturated rings. The van der Waals surface area contributed by atoms with Gasteiger partial charge in [0.2, 0.25) is 5.91 Å². The van der Waals surface area contributed by atoms with Crippen LogP contribution in [0, 0.1) is 5.92 Å². The average molecular weight is 248 g/mol. The number of rotatable bonds is 3. The molecule has 1 atom stereocenters. The highest BCUT2D eigenvalue weighted by Crippen LogP contribution is 2.17. The molecule has 0 aliphatic carbocycles. The van der Waals surface area contributed by atoms with E-state index in [4.69, 9.17) is 5.11 Å². The number of amides is 1. The molecular formula is C13H16N2O3. The molecule has 0 radical (unpaired) electrons. The van der Waals surface area contributed by atoms with Crippen LogP contribution in [-0.2, 0) is 16.0 Å². The highest BCUT2D eigenvalue weighted by molar-refractivity contribution is 5.80. The van der Waals surface area contributed by atoms with Crippen molar-refractivity contribution in [2.75, 3.05) is 13.1 Å². The van der Waals surface area contributed by atoms with Crippen LogP contribution in [0.15, 0.2) is 24.5 Å². The maximum absolute atomic E-state index is 12.0. The summed E-state index contributed by atoms with van der Waals surface area (Å²) in [6, 6.07) is 3.60. The number of pyridine rings is 1. The zero-order valence-electron chi connectivity index (χ0n) is 10.1. The molecule has 0 bridgehead atoms. The predicted molar refractivity (Wildman–Crippen MR) is 64.9 cm³/mol. The van der Waals surface area contributed by atoms with Gasteiger partial charge in [-0.05, 0) is 30.5 Å². The summed E-state index contributed by atoms with van der Waals surface area (Å²) in [6.07, 6.45) is 5.04. The quantitative estimate of drug-likeness (QED) is 0.864. The largest absolute Gasteiger partial charge is 0.481 e. The van der Waals surface area contributed by atoms with Crippen molar-refractivity contribution in [2.24, 2.45) is 5.92 Å². The summed E-state index contributed by atoms with van der Waals surface area (Å²) in [6.45, 7) is 0.993. The molecule has 1 aliphatic rings.